The number of unbranched alkanes of at least 4 members (excludes halogenated alkanes) is 7. The molecule has 1 unspecified atom stereocenters. The average Bonchev–Trinajstić information content (AvgIpc) is 2.59. The summed E-state index contributed by atoms with van der Waals surface area (Å²) >= 11 is 2.00. The van der Waals surface area contributed by atoms with Crippen molar-refractivity contribution in [1.82, 2.24) is 0 Å². The van der Waals surface area contributed by atoms with E-state index in [9.17, 15) is 9.90 Å². The lowest BCUT2D eigenvalue weighted by molar-refractivity contribution is -0.140. The van der Waals surface area contributed by atoms with Gasteiger partial charge < -0.3 is 9.84 Å². The summed E-state index contributed by atoms with van der Waals surface area (Å²) < 4.78 is 4.62. The molecule has 0 aromatic carbocycles. The molecule has 0 aliphatic heterocycles. The topological polar surface area (TPSA) is 46.5 Å². The second kappa shape index (κ2) is 18.9. The molecule has 0 bridgehead atoms. The van der Waals surface area contributed by atoms with Crippen LogP contribution >= 0.6 is 11.8 Å². The summed E-state index contributed by atoms with van der Waals surface area (Å²) in [6.07, 6.45) is 17.2. The highest BCUT2D eigenvalue weighted by Gasteiger charge is 1.99. The molecule has 0 amide bonds. The molecule has 1 N–H and O–H groups in total. The summed E-state index contributed by atoms with van der Waals surface area (Å²) in [5.74, 6) is 2.30. The monoisotopic (exact) mass is 358 g/mol. The van der Waals surface area contributed by atoms with Gasteiger partial charge in [0.05, 0.1) is 13.2 Å². The van der Waals surface area contributed by atoms with E-state index in [0.717, 1.165) is 44.3 Å². The van der Waals surface area contributed by atoms with Gasteiger partial charge in [-0.25, -0.2) is 0 Å². The molecule has 24 heavy (non-hydrogen) atoms. The minimum Gasteiger partial charge on any atom is -0.469 e. The van der Waals surface area contributed by atoms with Crippen LogP contribution in [0.2, 0.25) is 0 Å². The third kappa shape index (κ3) is 17.9. The molecule has 3 nitrogen and oxygen atoms in total. The number of esters is 1. The Balaban J connectivity index is 3.17. The number of methoxy groups -OCH3 is 1. The number of carbonyl (C=O) groups is 1. The van der Waals surface area contributed by atoms with Crippen LogP contribution in [0.1, 0.15) is 84.0 Å². The zero-order valence-corrected chi connectivity index (χ0v) is 16.6. The van der Waals surface area contributed by atoms with Gasteiger partial charge in [0.1, 0.15) is 0 Å². The number of rotatable bonds is 17. The predicted molar refractivity (Wildman–Crippen MR) is 106 cm³/mol. The Kier molecular flexibility index (Phi) is 18.5. The van der Waals surface area contributed by atoms with Gasteiger partial charge in [-0.3, -0.25) is 4.79 Å². The molecular weight excluding hydrogens is 320 g/mol. The molecule has 0 heterocycles. The Labute approximate surface area is 153 Å². The highest BCUT2D eigenvalue weighted by atomic mass is 32.2. The minimum atomic E-state index is -0.241. The van der Waals surface area contributed by atoms with Crippen molar-refractivity contribution in [2.24, 2.45) is 0 Å². The van der Waals surface area contributed by atoms with Gasteiger partial charge in [-0.1, -0.05) is 51.2 Å². The van der Waals surface area contributed by atoms with Gasteiger partial charge in [0.25, 0.3) is 0 Å². The predicted octanol–water partition coefficient (Wildman–Crippen LogP) is 5.51. The normalized spacial score (nSPS) is 12.6. The smallest absolute Gasteiger partial charge is 0.305 e. The maximum absolute atomic E-state index is 10.9. The Morgan fingerprint density at radius 2 is 1.71 bits per heavy atom. The van der Waals surface area contributed by atoms with Crippen LogP contribution in [-0.2, 0) is 9.53 Å². The quantitative estimate of drug-likeness (QED) is 0.211. The molecule has 0 radical (unpaired) electrons. The molecule has 142 valence electrons. The molecule has 0 aromatic heterocycles. The fourth-order valence-corrected chi connectivity index (χ4v) is 3.46. The van der Waals surface area contributed by atoms with E-state index < -0.39 is 0 Å². The first kappa shape index (κ1) is 23.5. The molecule has 0 fully saturated rings. The molecule has 0 saturated heterocycles. The molecule has 4 heteroatoms. The van der Waals surface area contributed by atoms with Gasteiger partial charge in [-0.2, -0.15) is 11.8 Å². The number of allylic oxidation sites excluding steroid dienone is 1. The third-order valence-corrected chi connectivity index (χ3v) is 5.17. The van der Waals surface area contributed by atoms with Gasteiger partial charge in [0.15, 0.2) is 0 Å². The summed E-state index contributed by atoms with van der Waals surface area (Å²) in [5.41, 5.74) is 0. The standard InChI is InChI=1S/C20H38O3S/c1-3-4-14-19(21)15-10-8-6-5-7-9-12-17-24-18-13-11-16-20(22)23-2/h10,15,19,21H,3-9,11-14,16-18H2,1-2H3. The highest BCUT2D eigenvalue weighted by Crippen LogP contribution is 2.12. The molecule has 0 aromatic rings. The number of hydrogen-bond donors (Lipinski definition) is 1. The van der Waals surface area contributed by atoms with Crippen LogP contribution in [0.4, 0.5) is 0 Å². The molecule has 0 aliphatic rings. The van der Waals surface area contributed by atoms with Crippen LogP contribution in [0.15, 0.2) is 12.2 Å². The van der Waals surface area contributed by atoms with Crippen molar-refractivity contribution in [3.8, 4) is 0 Å². The van der Waals surface area contributed by atoms with Crippen molar-refractivity contribution in [2.75, 3.05) is 18.6 Å². The van der Waals surface area contributed by atoms with E-state index in [1.165, 1.54) is 45.0 Å². The summed E-state index contributed by atoms with van der Waals surface area (Å²) in [7, 11) is 1.45. The average molecular weight is 359 g/mol. The molecule has 0 spiro atoms. The van der Waals surface area contributed by atoms with Gasteiger partial charge in [0.2, 0.25) is 0 Å². The summed E-state index contributed by atoms with van der Waals surface area (Å²) in [6.45, 7) is 2.15. The van der Waals surface area contributed by atoms with Gasteiger partial charge in [-0.15, -0.1) is 0 Å². The second-order valence-electron chi connectivity index (χ2n) is 6.34. The number of carbonyl (C=O) groups excluding carboxylic acids is 1. The molecule has 0 saturated carbocycles. The third-order valence-electron chi connectivity index (χ3n) is 4.02. The number of aliphatic hydroxyl groups is 1. The van der Waals surface area contributed by atoms with E-state index in [0.29, 0.717) is 6.42 Å². The lowest BCUT2D eigenvalue weighted by Gasteiger charge is -2.04. The molecule has 0 rings (SSSR count). The lowest BCUT2D eigenvalue weighted by Crippen LogP contribution is -2.00. The van der Waals surface area contributed by atoms with Crippen molar-refractivity contribution in [3.63, 3.8) is 0 Å². The van der Waals surface area contributed by atoms with Crippen LogP contribution in [0.25, 0.3) is 0 Å². The van der Waals surface area contributed by atoms with E-state index in [1.54, 1.807) is 0 Å². The van der Waals surface area contributed by atoms with Crippen LogP contribution in [0, 0.1) is 0 Å². The van der Waals surface area contributed by atoms with E-state index in [4.69, 9.17) is 0 Å². The van der Waals surface area contributed by atoms with Crippen LogP contribution in [0.3, 0.4) is 0 Å². The molecule has 1 atom stereocenters. The van der Waals surface area contributed by atoms with E-state index in [1.807, 2.05) is 17.8 Å². The van der Waals surface area contributed by atoms with Gasteiger partial charge in [0, 0.05) is 6.42 Å². The van der Waals surface area contributed by atoms with Crippen LogP contribution in [-0.4, -0.2) is 35.8 Å². The summed E-state index contributed by atoms with van der Waals surface area (Å²) in [6, 6.07) is 0. The number of hydrogen-bond acceptors (Lipinski definition) is 4. The Morgan fingerprint density at radius 1 is 1.04 bits per heavy atom. The van der Waals surface area contributed by atoms with Gasteiger partial charge >= 0.3 is 5.97 Å². The first-order valence-electron chi connectivity index (χ1n) is 9.70. The lowest BCUT2D eigenvalue weighted by atomic mass is 10.1. The first-order chi connectivity index (χ1) is 11.7. The summed E-state index contributed by atoms with van der Waals surface area (Å²) in [5, 5.41) is 9.69. The fraction of sp³-hybridized carbons (Fsp3) is 0.850. The minimum absolute atomic E-state index is 0.0923. The van der Waals surface area contributed by atoms with Crippen LogP contribution in [0.5, 0.6) is 0 Å². The maximum atomic E-state index is 10.9. The highest BCUT2D eigenvalue weighted by molar-refractivity contribution is 7.99. The van der Waals surface area contributed by atoms with Crippen LogP contribution < -0.4 is 0 Å². The second-order valence-corrected chi connectivity index (χ2v) is 7.56. The van der Waals surface area contributed by atoms with E-state index >= 15 is 0 Å². The molecular formula is C20H38O3S. The largest absolute Gasteiger partial charge is 0.469 e. The molecule has 0 aliphatic carbocycles. The van der Waals surface area contributed by atoms with Crippen molar-refractivity contribution in [1.29, 1.82) is 0 Å². The first-order valence-corrected chi connectivity index (χ1v) is 10.9. The van der Waals surface area contributed by atoms with Crippen molar-refractivity contribution < 1.29 is 14.6 Å². The number of thioether (sulfide) groups is 1. The summed E-state index contributed by atoms with van der Waals surface area (Å²) in [4.78, 5) is 10.9. The zero-order valence-electron chi connectivity index (χ0n) is 15.8. The zero-order chi connectivity index (χ0) is 17.9. The van der Waals surface area contributed by atoms with E-state index in [-0.39, 0.29) is 12.1 Å². The van der Waals surface area contributed by atoms with Crippen molar-refractivity contribution >= 4 is 17.7 Å². The Hall–Kier alpha value is -0.480. The number of aliphatic hydroxyl groups excluding tert-OH is 1. The Bertz CT molecular complexity index is 305. The van der Waals surface area contributed by atoms with Gasteiger partial charge in [-0.05, 0) is 50.0 Å². The maximum Gasteiger partial charge on any atom is 0.305 e. The number of ether oxygens (including phenoxy) is 1. The van der Waals surface area contributed by atoms with Crippen molar-refractivity contribution in [2.45, 2.75) is 90.1 Å². The van der Waals surface area contributed by atoms with Crippen molar-refractivity contribution in [3.05, 3.63) is 12.2 Å². The SMILES string of the molecule is CCCCC(O)C=CCCCCCCCSCCCCC(=O)OC. The fourth-order valence-electron chi connectivity index (χ4n) is 2.44. The van der Waals surface area contributed by atoms with E-state index in [2.05, 4.69) is 17.7 Å². The Morgan fingerprint density at radius 3 is 2.42 bits per heavy atom.